The van der Waals surface area contributed by atoms with Gasteiger partial charge in [-0.05, 0) is 61.4 Å². The zero-order valence-electron chi connectivity index (χ0n) is 20.5. The number of nitrogen functional groups attached to an aromatic ring is 1. The summed E-state index contributed by atoms with van der Waals surface area (Å²) in [5, 5.41) is 12.4. The van der Waals surface area contributed by atoms with Crippen LogP contribution in [0.15, 0.2) is 54.7 Å². The van der Waals surface area contributed by atoms with Crippen LogP contribution in [0.3, 0.4) is 0 Å². The Bertz CT molecular complexity index is 1130. The molecule has 0 aliphatic carbocycles. The number of β-amino-alcohol motifs (C(OH)–C–C–N with tert-alkyl or cyclic N) is 1. The lowest BCUT2D eigenvalue weighted by Gasteiger charge is -2.31. The van der Waals surface area contributed by atoms with Crippen LogP contribution in [0, 0.1) is 0 Å². The summed E-state index contributed by atoms with van der Waals surface area (Å²) in [5.74, 6) is 1.23. The van der Waals surface area contributed by atoms with Crippen LogP contribution in [0.25, 0.3) is 11.3 Å². The van der Waals surface area contributed by atoms with Crippen molar-refractivity contribution in [3.05, 3.63) is 54.7 Å². The first-order valence-corrected chi connectivity index (χ1v) is 12.6. The summed E-state index contributed by atoms with van der Waals surface area (Å²) in [5.41, 5.74) is 10.8. The molecule has 0 bridgehead atoms. The van der Waals surface area contributed by atoms with Crippen LogP contribution in [0.5, 0.6) is 5.75 Å². The number of nitrogens with one attached hydrogen (secondary N) is 1. The van der Waals surface area contributed by atoms with E-state index in [1.54, 1.807) is 6.20 Å². The molecule has 9 heteroatoms. The van der Waals surface area contributed by atoms with E-state index < -0.39 is 0 Å². The number of benzene rings is 2. The molecular formula is C27H34N6O3. The van der Waals surface area contributed by atoms with E-state index in [4.69, 9.17) is 25.3 Å². The maximum atomic E-state index is 9.11. The monoisotopic (exact) mass is 490 g/mol. The Morgan fingerprint density at radius 3 is 2.53 bits per heavy atom. The summed E-state index contributed by atoms with van der Waals surface area (Å²) in [6.07, 6.45) is 3.73. The van der Waals surface area contributed by atoms with Crippen LogP contribution in [0.1, 0.15) is 12.8 Å². The first-order valence-electron chi connectivity index (χ1n) is 12.6. The smallest absolute Gasteiger partial charge is 0.227 e. The van der Waals surface area contributed by atoms with E-state index in [0.717, 1.165) is 75.7 Å². The number of likely N-dealkylation sites (tertiary alicyclic amines) is 1. The summed E-state index contributed by atoms with van der Waals surface area (Å²) in [7, 11) is 0. The Hall–Kier alpha value is -3.40. The molecule has 2 saturated heterocycles. The van der Waals surface area contributed by atoms with E-state index in [9.17, 15) is 0 Å². The molecule has 2 aliphatic rings. The molecule has 3 aromatic rings. The molecule has 0 unspecified atom stereocenters. The topological polar surface area (TPSA) is 109 Å². The van der Waals surface area contributed by atoms with Gasteiger partial charge in [0.25, 0.3) is 0 Å². The maximum Gasteiger partial charge on any atom is 0.227 e. The largest absolute Gasteiger partial charge is 0.488 e. The third-order valence-electron chi connectivity index (χ3n) is 6.71. The van der Waals surface area contributed by atoms with Gasteiger partial charge in [0.15, 0.2) is 0 Å². The lowest BCUT2D eigenvalue weighted by molar-refractivity contribution is 0.0894. The lowest BCUT2D eigenvalue weighted by atomic mass is 10.1. The number of aliphatic hydroxyl groups is 1. The molecule has 0 atom stereocenters. The van der Waals surface area contributed by atoms with E-state index in [1.807, 2.05) is 36.4 Å². The zero-order chi connectivity index (χ0) is 24.7. The van der Waals surface area contributed by atoms with Crippen molar-refractivity contribution in [2.24, 2.45) is 0 Å². The second kappa shape index (κ2) is 11.6. The zero-order valence-corrected chi connectivity index (χ0v) is 20.5. The number of hydrogen-bond acceptors (Lipinski definition) is 9. The van der Waals surface area contributed by atoms with E-state index in [-0.39, 0.29) is 12.7 Å². The summed E-state index contributed by atoms with van der Waals surface area (Å²) in [6.45, 7) is 6.13. The number of morpholine rings is 1. The molecule has 0 amide bonds. The predicted octanol–water partition coefficient (Wildman–Crippen LogP) is 3.14. The Morgan fingerprint density at radius 2 is 1.81 bits per heavy atom. The second-order valence-electron chi connectivity index (χ2n) is 9.17. The number of nitrogens with two attached hydrogens (primary N) is 1. The standard InChI is InChI=1S/C27H34N6O3/c28-24-19-20(1-6-26(24)36-23-8-11-32(12-9-23)13-16-34)25-7-10-29-27(31-25)30-21-2-4-22(5-3-21)33-14-17-35-18-15-33/h1-7,10,19,23,34H,8-9,11-18,28H2,(H,29,30,31). The molecule has 0 spiro atoms. The average Bonchev–Trinajstić information content (AvgIpc) is 2.92. The van der Waals surface area contributed by atoms with E-state index in [1.165, 1.54) is 5.69 Å². The van der Waals surface area contributed by atoms with Gasteiger partial charge in [0, 0.05) is 55.9 Å². The first-order chi connectivity index (χ1) is 17.7. The lowest BCUT2D eigenvalue weighted by Crippen LogP contribution is -2.39. The van der Waals surface area contributed by atoms with E-state index in [2.05, 4.69) is 32.2 Å². The highest BCUT2D eigenvalue weighted by atomic mass is 16.5. The molecule has 2 aliphatic heterocycles. The molecular weight excluding hydrogens is 456 g/mol. The van der Waals surface area contributed by atoms with E-state index >= 15 is 0 Å². The number of ether oxygens (including phenoxy) is 2. The van der Waals surface area contributed by atoms with Crippen molar-refractivity contribution in [3.63, 3.8) is 0 Å². The fourth-order valence-electron chi connectivity index (χ4n) is 4.67. The molecule has 36 heavy (non-hydrogen) atoms. The van der Waals surface area contributed by atoms with Gasteiger partial charge >= 0.3 is 0 Å². The number of rotatable bonds is 8. The average molecular weight is 491 g/mol. The van der Waals surface area contributed by atoms with Crippen molar-refractivity contribution < 1.29 is 14.6 Å². The first kappa shape index (κ1) is 24.3. The third kappa shape index (κ3) is 6.04. The van der Waals surface area contributed by atoms with Gasteiger partial charge in [-0.3, -0.25) is 0 Å². The summed E-state index contributed by atoms with van der Waals surface area (Å²) in [6, 6.07) is 16.0. The van der Waals surface area contributed by atoms with Crippen molar-refractivity contribution >= 4 is 23.0 Å². The number of anilines is 4. The minimum Gasteiger partial charge on any atom is -0.488 e. The van der Waals surface area contributed by atoms with Crippen LogP contribution >= 0.6 is 0 Å². The quantitative estimate of drug-likeness (QED) is 0.410. The van der Waals surface area contributed by atoms with Crippen LogP contribution in [-0.4, -0.2) is 78.6 Å². The van der Waals surface area contributed by atoms with Gasteiger partial charge in [-0.2, -0.15) is 0 Å². The van der Waals surface area contributed by atoms with Gasteiger partial charge in [-0.15, -0.1) is 0 Å². The van der Waals surface area contributed by atoms with Crippen LogP contribution in [-0.2, 0) is 4.74 Å². The van der Waals surface area contributed by atoms with Gasteiger partial charge < -0.3 is 35.4 Å². The normalized spacial score (nSPS) is 17.2. The highest BCUT2D eigenvalue weighted by Crippen LogP contribution is 2.30. The minimum absolute atomic E-state index is 0.137. The number of nitrogens with zero attached hydrogens (tertiary/aromatic N) is 4. The summed E-state index contributed by atoms with van der Waals surface area (Å²) >= 11 is 0. The fourth-order valence-corrected chi connectivity index (χ4v) is 4.67. The number of aromatic nitrogens is 2. The molecule has 3 heterocycles. The van der Waals surface area contributed by atoms with Crippen LogP contribution in [0.2, 0.25) is 0 Å². The van der Waals surface area contributed by atoms with Crippen LogP contribution in [0.4, 0.5) is 23.0 Å². The van der Waals surface area contributed by atoms with Crippen LogP contribution < -0.4 is 20.7 Å². The van der Waals surface area contributed by atoms with Crippen molar-refractivity contribution in [1.29, 1.82) is 0 Å². The Labute approximate surface area is 211 Å². The van der Waals surface area contributed by atoms with Gasteiger partial charge in [0.1, 0.15) is 11.9 Å². The highest BCUT2D eigenvalue weighted by molar-refractivity contribution is 5.69. The molecule has 9 nitrogen and oxygen atoms in total. The number of hydrogen-bond donors (Lipinski definition) is 3. The molecule has 190 valence electrons. The van der Waals surface area contributed by atoms with Crippen molar-refractivity contribution in [1.82, 2.24) is 14.9 Å². The summed E-state index contributed by atoms with van der Waals surface area (Å²) in [4.78, 5) is 13.7. The van der Waals surface area contributed by atoms with Gasteiger partial charge in [0.2, 0.25) is 5.95 Å². The Kier molecular flexibility index (Phi) is 7.80. The predicted molar refractivity (Wildman–Crippen MR) is 142 cm³/mol. The Balaban J connectivity index is 1.21. The molecule has 0 saturated carbocycles. The number of piperidine rings is 1. The van der Waals surface area contributed by atoms with Crippen molar-refractivity contribution in [3.8, 4) is 17.0 Å². The Morgan fingerprint density at radius 1 is 1.03 bits per heavy atom. The van der Waals surface area contributed by atoms with E-state index in [0.29, 0.717) is 17.4 Å². The summed E-state index contributed by atoms with van der Waals surface area (Å²) < 4.78 is 11.6. The number of aliphatic hydroxyl groups excluding tert-OH is 1. The van der Waals surface area contributed by atoms with Crippen molar-refractivity contribution in [2.75, 3.05) is 68.5 Å². The van der Waals surface area contributed by atoms with Gasteiger partial charge in [0.05, 0.1) is 31.2 Å². The second-order valence-corrected chi connectivity index (χ2v) is 9.17. The van der Waals surface area contributed by atoms with Crippen molar-refractivity contribution in [2.45, 2.75) is 18.9 Å². The molecule has 2 aromatic carbocycles. The molecule has 2 fully saturated rings. The fraction of sp³-hybridized carbons (Fsp3) is 0.407. The highest BCUT2D eigenvalue weighted by Gasteiger charge is 2.21. The molecule has 1 aromatic heterocycles. The molecule has 4 N–H and O–H groups in total. The maximum absolute atomic E-state index is 9.11. The SMILES string of the molecule is Nc1cc(-c2ccnc(Nc3ccc(N4CCOCC4)cc3)n2)ccc1OC1CCN(CCO)CC1. The van der Waals surface area contributed by atoms with Gasteiger partial charge in [-0.25, -0.2) is 9.97 Å². The molecule has 0 radical (unpaired) electrons. The van der Waals surface area contributed by atoms with Gasteiger partial charge in [-0.1, -0.05) is 0 Å². The third-order valence-corrected chi connectivity index (χ3v) is 6.71. The molecule has 5 rings (SSSR count). The minimum atomic E-state index is 0.137.